The minimum Gasteiger partial charge on any atom is -0.351 e. The maximum Gasteiger partial charge on any atom is 0.233 e. The van der Waals surface area contributed by atoms with Gasteiger partial charge in [-0.05, 0) is 48.4 Å². The molecule has 0 aliphatic rings. The second-order valence-corrected chi connectivity index (χ2v) is 6.96. The Hall–Kier alpha value is -1.16. The molecule has 2 nitrogen and oxygen atoms in total. The maximum absolute atomic E-state index is 12.3. The quantitative estimate of drug-likeness (QED) is 0.724. The maximum atomic E-state index is 12.3. The third-order valence-electron chi connectivity index (χ3n) is 3.14. The molecule has 0 aliphatic carbocycles. The number of carbonyl (C=O) groups is 1. The number of hydrogen-bond acceptors (Lipinski definition) is 2. The number of thioether (sulfide) groups is 1. The Labute approximate surface area is 145 Å². The molecule has 0 aliphatic heterocycles. The third kappa shape index (κ3) is 5.24. The molecule has 0 radical (unpaired) electrons. The molecule has 1 N–H and O–H groups in total. The van der Waals surface area contributed by atoms with Crippen LogP contribution in [0.3, 0.4) is 0 Å². The van der Waals surface area contributed by atoms with Crippen molar-refractivity contribution in [3.05, 3.63) is 64.1 Å². The summed E-state index contributed by atoms with van der Waals surface area (Å²) in [6, 6.07) is 15.0. The van der Waals surface area contributed by atoms with Crippen LogP contribution in [0.15, 0.2) is 53.4 Å². The summed E-state index contributed by atoms with van der Waals surface area (Å²) in [6.07, 6.45) is 0.764. The van der Waals surface area contributed by atoms with E-state index in [1.165, 1.54) is 0 Å². The Balaban J connectivity index is 1.91. The molecular formula is C17H17Cl2NOS. The first-order chi connectivity index (χ1) is 10.6. The van der Waals surface area contributed by atoms with Gasteiger partial charge in [0, 0.05) is 21.5 Å². The van der Waals surface area contributed by atoms with Crippen LogP contribution in [-0.4, -0.2) is 11.2 Å². The van der Waals surface area contributed by atoms with Crippen LogP contribution in [0.25, 0.3) is 0 Å². The molecule has 1 amide bonds. The molecule has 1 atom stereocenters. The van der Waals surface area contributed by atoms with Crippen LogP contribution < -0.4 is 5.32 Å². The Morgan fingerprint density at radius 1 is 1.05 bits per heavy atom. The lowest BCUT2D eigenvalue weighted by molar-refractivity contribution is -0.120. The molecule has 0 spiro atoms. The van der Waals surface area contributed by atoms with E-state index < -0.39 is 0 Å². The van der Waals surface area contributed by atoms with Crippen molar-refractivity contribution in [2.24, 2.45) is 0 Å². The standard InChI is InChI=1S/C17H17Cl2NOS/c1-2-16(22-15-9-7-14(19)8-10-15)17(21)20-11-12-3-5-13(18)6-4-12/h3-10,16H,2,11H2,1H3,(H,20,21). The van der Waals surface area contributed by atoms with Gasteiger partial charge in [-0.15, -0.1) is 11.8 Å². The zero-order valence-corrected chi connectivity index (χ0v) is 14.5. The smallest absolute Gasteiger partial charge is 0.233 e. The molecule has 0 saturated carbocycles. The van der Waals surface area contributed by atoms with Gasteiger partial charge in [0.25, 0.3) is 0 Å². The minimum absolute atomic E-state index is 0.0393. The Morgan fingerprint density at radius 2 is 1.59 bits per heavy atom. The SMILES string of the molecule is CCC(Sc1ccc(Cl)cc1)C(=O)NCc1ccc(Cl)cc1. The zero-order chi connectivity index (χ0) is 15.9. The van der Waals surface area contributed by atoms with E-state index in [2.05, 4.69) is 5.32 Å². The van der Waals surface area contributed by atoms with Gasteiger partial charge in [0.05, 0.1) is 5.25 Å². The van der Waals surface area contributed by atoms with Crippen molar-refractivity contribution in [1.82, 2.24) is 5.32 Å². The van der Waals surface area contributed by atoms with E-state index in [-0.39, 0.29) is 11.2 Å². The number of halogens is 2. The van der Waals surface area contributed by atoms with Crippen molar-refractivity contribution < 1.29 is 4.79 Å². The second-order valence-electron chi connectivity index (χ2n) is 4.81. The number of carbonyl (C=O) groups excluding carboxylic acids is 1. The van der Waals surface area contributed by atoms with Crippen molar-refractivity contribution in [3.8, 4) is 0 Å². The normalized spacial score (nSPS) is 12.0. The molecular weight excluding hydrogens is 337 g/mol. The minimum atomic E-state index is -0.117. The van der Waals surface area contributed by atoms with E-state index in [9.17, 15) is 4.79 Å². The average Bonchev–Trinajstić information content (AvgIpc) is 2.53. The van der Waals surface area contributed by atoms with Crippen LogP contribution in [0.4, 0.5) is 0 Å². The lowest BCUT2D eigenvalue weighted by atomic mass is 10.2. The number of rotatable bonds is 6. The fraction of sp³-hybridized carbons (Fsp3) is 0.235. The fourth-order valence-corrected chi connectivity index (χ4v) is 3.14. The molecule has 0 fully saturated rings. The lowest BCUT2D eigenvalue weighted by Gasteiger charge is -2.15. The van der Waals surface area contributed by atoms with Crippen LogP contribution >= 0.6 is 35.0 Å². The van der Waals surface area contributed by atoms with Gasteiger partial charge in [0.2, 0.25) is 5.91 Å². The van der Waals surface area contributed by atoms with Crippen LogP contribution in [0.2, 0.25) is 10.0 Å². The van der Waals surface area contributed by atoms with Gasteiger partial charge in [0.15, 0.2) is 0 Å². The van der Waals surface area contributed by atoms with E-state index in [0.29, 0.717) is 16.6 Å². The molecule has 2 rings (SSSR count). The molecule has 2 aromatic rings. The highest BCUT2D eigenvalue weighted by atomic mass is 35.5. The van der Waals surface area contributed by atoms with E-state index in [1.807, 2.05) is 55.5 Å². The highest BCUT2D eigenvalue weighted by molar-refractivity contribution is 8.00. The molecule has 0 bridgehead atoms. The summed E-state index contributed by atoms with van der Waals surface area (Å²) in [4.78, 5) is 13.3. The summed E-state index contributed by atoms with van der Waals surface area (Å²) in [7, 11) is 0. The predicted octanol–water partition coefficient (Wildman–Crippen LogP) is 5.18. The number of amides is 1. The van der Waals surface area contributed by atoms with Gasteiger partial charge in [0.1, 0.15) is 0 Å². The Bertz CT molecular complexity index is 614. The monoisotopic (exact) mass is 353 g/mol. The number of benzene rings is 2. The average molecular weight is 354 g/mol. The number of hydrogen-bond donors (Lipinski definition) is 1. The molecule has 1 unspecified atom stereocenters. The summed E-state index contributed by atoms with van der Waals surface area (Å²) in [5.41, 5.74) is 1.03. The van der Waals surface area contributed by atoms with Gasteiger partial charge in [-0.25, -0.2) is 0 Å². The van der Waals surface area contributed by atoms with Crippen molar-refractivity contribution in [1.29, 1.82) is 0 Å². The topological polar surface area (TPSA) is 29.1 Å². The van der Waals surface area contributed by atoms with Crippen LogP contribution in [0, 0.1) is 0 Å². The van der Waals surface area contributed by atoms with Gasteiger partial charge in [-0.3, -0.25) is 4.79 Å². The van der Waals surface area contributed by atoms with E-state index >= 15 is 0 Å². The van der Waals surface area contributed by atoms with E-state index in [4.69, 9.17) is 23.2 Å². The van der Waals surface area contributed by atoms with Crippen LogP contribution in [0.1, 0.15) is 18.9 Å². The molecule has 0 saturated heterocycles. The lowest BCUT2D eigenvalue weighted by Crippen LogP contribution is -2.31. The molecule has 22 heavy (non-hydrogen) atoms. The van der Waals surface area contributed by atoms with Crippen molar-refractivity contribution in [2.75, 3.05) is 0 Å². The summed E-state index contributed by atoms with van der Waals surface area (Å²) < 4.78 is 0. The largest absolute Gasteiger partial charge is 0.351 e. The predicted molar refractivity (Wildman–Crippen MR) is 94.7 cm³/mol. The molecule has 2 aromatic carbocycles. The van der Waals surface area contributed by atoms with Gasteiger partial charge in [-0.1, -0.05) is 42.3 Å². The first kappa shape index (κ1) is 17.2. The van der Waals surface area contributed by atoms with Gasteiger partial charge < -0.3 is 5.32 Å². The summed E-state index contributed by atoms with van der Waals surface area (Å²) >= 11 is 13.3. The van der Waals surface area contributed by atoms with Crippen LogP contribution in [-0.2, 0) is 11.3 Å². The van der Waals surface area contributed by atoms with Crippen molar-refractivity contribution in [2.45, 2.75) is 30.0 Å². The molecule has 0 heterocycles. The number of nitrogens with one attached hydrogen (secondary N) is 1. The van der Waals surface area contributed by atoms with Gasteiger partial charge >= 0.3 is 0 Å². The Morgan fingerprint density at radius 3 is 2.14 bits per heavy atom. The van der Waals surface area contributed by atoms with Crippen molar-refractivity contribution in [3.63, 3.8) is 0 Å². The first-order valence-electron chi connectivity index (χ1n) is 7.03. The second kappa shape index (κ2) is 8.47. The summed E-state index contributed by atoms with van der Waals surface area (Å²) in [5.74, 6) is 0.0393. The first-order valence-corrected chi connectivity index (χ1v) is 8.66. The van der Waals surface area contributed by atoms with E-state index in [0.717, 1.165) is 16.9 Å². The Kier molecular flexibility index (Phi) is 6.62. The highest BCUT2D eigenvalue weighted by Crippen LogP contribution is 2.26. The highest BCUT2D eigenvalue weighted by Gasteiger charge is 2.17. The van der Waals surface area contributed by atoms with Crippen molar-refractivity contribution >= 4 is 40.9 Å². The summed E-state index contributed by atoms with van der Waals surface area (Å²) in [5, 5.41) is 4.25. The van der Waals surface area contributed by atoms with Gasteiger partial charge in [-0.2, -0.15) is 0 Å². The molecule has 5 heteroatoms. The molecule has 0 aromatic heterocycles. The zero-order valence-electron chi connectivity index (χ0n) is 12.2. The fourth-order valence-electron chi connectivity index (χ4n) is 1.90. The third-order valence-corrected chi connectivity index (χ3v) is 5.02. The van der Waals surface area contributed by atoms with Crippen LogP contribution in [0.5, 0.6) is 0 Å². The van der Waals surface area contributed by atoms with E-state index in [1.54, 1.807) is 11.8 Å². The molecule has 116 valence electrons. The summed E-state index contributed by atoms with van der Waals surface area (Å²) in [6.45, 7) is 2.52.